The maximum absolute atomic E-state index is 13.1. The van der Waals surface area contributed by atoms with E-state index in [0.29, 0.717) is 24.5 Å². The number of nitrogens with one attached hydrogen (secondary N) is 1. The first-order valence-corrected chi connectivity index (χ1v) is 9.69. The van der Waals surface area contributed by atoms with Gasteiger partial charge >= 0.3 is 0 Å². The predicted octanol–water partition coefficient (Wildman–Crippen LogP) is 4.13. The summed E-state index contributed by atoms with van der Waals surface area (Å²) in [5.41, 5.74) is 3.01. The Morgan fingerprint density at radius 3 is 2.37 bits per heavy atom. The van der Waals surface area contributed by atoms with Gasteiger partial charge in [-0.05, 0) is 43.5 Å². The molecule has 0 aromatic heterocycles. The lowest BCUT2D eigenvalue weighted by molar-refractivity contribution is -0.140. The highest BCUT2D eigenvalue weighted by molar-refractivity contribution is 6.30. The average molecular weight is 387 g/mol. The first-order valence-electron chi connectivity index (χ1n) is 9.31. The van der Waals surface area contributed by atoms with Crippen LogP contribution in [0.25, 0.3) is 0 Å². The molecule has 0 fully saturated rings. The molecule has 0 saturated carbocycles. The fraction of sp³-hybridized carbons (Fsp3) is 0.364. The zero-order valence-corrected chi connectivity index (χ0v) is 16.9. The Morgan fingerprint density at radius 2 is 1.78 bits per heavy atom. The summed E-state index contributed by atoms with van der Waals surface area (Å²) in [6, 6.07) is 14.8. The zero-order valence-electron chi connectivity index (χ0n) is 16.2. The Balaban J connectivity index is 2.27. The number of rotatable bonds is 8. The van der Waals surface area contributed by atoms with Gasteiger partial charge < -0.3 is 10.2 Å². The van der Waals surface area contributed by atoms with E-state index in [1.54, 1.807) is 17.0 Å². The minimum absolute atomic E-state index is 0.0614. The molecule has 27 heavy (non-hydrogen) atoms. The molecule has 0 radical (unpaired) electrons. The van der Waals surface area contributed by atoms with E-state index in [1.165, 1.54) is 0 Å². The van der Waals surface area contributed by atoms with Crippen molar-refractivity contribution in [2.45, 2.75) is 46.2 Å². The monoisotopic (exact) mass is 386 g/mol. The summed E-state index contributed by atoms with van der Waals surface area (Å²) >= 11 is 5.97. The maximum atomic E-state index is 13.1. The van der Waals surface area contributed by atoms with Crippen molar-refractivity contribution in [2.24, 2.45) is 0 Å². The minimum atomic E-state index is -0.502. The highest BCUT2D eigenvalue weighted by Gasteiger charge is 2.28. The highest BCUT2D eigenvalue weighted by Crippen LogP contribution is 2.17. The number of carbonyl (C=O) groups excluding carboxylic acids is 2. The van der Waals surface area contributed by atoms with Crippen LogP contribution in [0.5, 0.6) is 0 Å². The molecule has 0 spiro atoms. The van der Waals surface area contributed by atoms with Crippen LogP contribution in [-0.2, 0) is 22.6 Å². The molecule has 2 aromatic carbocycles. The Morgan fingerprint density at radius 1 is 1.07 bits per heavy atom. The smallest absolute Gasteiger partial charge is 0.242 e. The molecular formula is C22H27ClN2O2. The number of amides is 2. The second kappa shape index (κ2) is 10.1. The van der Waals surface area contributed by atoms with Crippen LogP contribution in [0.4, 0.5) is 0 Å². The van der Waals surface area contributed by atoms with Gasteiger partial charge in [0.2, 0.25) is 11.8 Å². The van der Waals surface area contributed by atoms with E-state index < -0.39 is 6.04 Å². The van der Waals surface area contributed by atoms with Crippen LogP contribution in [0.2, 0.25) is 5.02 Å². The Labute approximate surface area is 166 Å². The molecular weight excluding hydrogens is 360 g/mol. The molecule has 1 unspecified atom stereocenters. The summed E-state index contributed by atoms with van der Waals surface area (Å²) in [5, 5.41) is 3.49. The molecule has 2 aromatic rings. The summed E-state index contributed by atoms with van der Waals surface area (Å²) in [5.74, 6) is -0.180. The van der Waals surface area contributed by atoms with Crippen molar-refractivity contribution in [3.8, 4) is 0 Å². The summed E-state index contributed by atoms with van der Waals surface area (Å²) in [6.07, 6.45) is 0.824. The molecule has 4 nitrogen and oxygen atoms in total. The molecule has 144 valence electrons. The van der Waals surface area contributed by atoms with Crippen molar-refractivity contribution in [3.05, 3.63) is 70.2 Å². The SMILES string of the molecule is CCNC(=O)C(CC)N(Cc1ccc(Cl)cc1)C(=O)Cc1cccc(C)c1. The second-order valence-corrected chi connectivity index (χ2v) is 7.07. The molecule has 0 aliphatic heterocycles. The van der Waals surface area contributed by atoms with Crippen LogP contribution < -0.4 is 5.32 Å². The molecule has 1 N–H and O–H groups in total. The number of carbonyl (C=O) groups is 2. The number of aryl methyl sites for hydroxylation is 1. The summed E-state index contributed by atoms with van der Waals surface area (Å²) < 4.78 is 0. The van der Waals surface area contributed by atoms with E-state index in [9.17, 15) is 9.59 Å². The third-order valence-electron chi connectivity index (χ3n) is 4.44. The topological polar surface area (TPSA) is 49.4 Å². The van der Waals surface area contributed by atoms with Crippen molar-refractivity contribution in [3.63, 3.8) is 0 Å². The quantitative estimate of drug-likeness (QED) is 0.741. The van der Waals surface area contributed by atoms with Gasteiger partial charge in [-0.15, -0.1) is 0 Å². The molecule has 2 rings (SSSR count). The average Bonchev–Trinajstić information content (AvgIpc) is 2.63. The largest absolute Gasteiger partial charge is 0.355 e. The first kappa shape index (κ1) is 21.0. The van der Waals surface area contributed by atoms with E-state index in [1.807, 2.05) is 57.2 Å². The summed E-state index contributed by atoms with van der Waals surface area (Å²) in [4.78, 5) is 27.3. The lowest BCUT2D eigenvalue weighted by atomic mass is 10.1. The van der Waals surface area contributed by atoms with Crippen LogP contribution in [0, 0.1) is 6.92 Å². The number of hydrogen-bond donors (Lipinski definition) is 1. The second-order valence-electron chi connectivity index (χ2n) is 6.63. The fourth-order valence-electron chi connectivity index (χ4n) is 3.10. The van der Waals surface area contributed by atoms with Gasteiger partial charge in [0.15, 0.2) is 0 Å². The van der Waals surface area contributed by atoms with Gasteiger partial charge in [-0.1, -0.05) is 60.5 Å². The fourth-order valence-corrected chi connectivity index (χ4v) is 3.22. The number of benzene rings is 2. The minimum Gasteiger partial charge on any atom is -0.355 e. The lowest BCUT2D eigenvalue weighted by Gasteiger charge is -2.30. The van der Waals surface area contributed by atoms with Crippen LogP contribution >= 0.6 is 11.6 Å². The first-order chi connectivity index (χ1) is 12.9. The third-order valence-corrected chi connectivity index (χ3v) is 4.69. The maximum Gasteiger partial charge on any atom is 0.242 e. The van der Waals surface area contributed by atoms with Gasteiger partial charge in [0.25, 0.3) is 0 Å². The summed E-state index contributed by atoms with van der Waals surface area (Å²) in [6.45, 7) is 6.72. The number of nitrogens with zero attached hydrogens (tertiary/aromatic N) is 1. The van der Waals surface area contributed by atoms with Crippen molar-refractivity contribution >= 4 is 23.4 Å². The van der Waals surface area contributed by atoms with Crippen LogP contribution in [0.15, 0.2) is 48.5 Å². The Kier molecular flexibility index (Phi) is 7.86. The Hall–Kier alpha value is -2.33. The van der Waals surface area contributed by atoms with Gasteiger partial charge in [-0.2, -0.15) is 0 Å². The molecule has 2 amide bonds. The molecule has 0 heterocycles. The molecule has 0 aliphatic carbocycles. The molecule has 0 bridgehead atoms. The third kappa shape index (κ3) is 6.10. The standard InChI is InChI=1S/C22H27ClN2O2/c1-4-20(22(27)24-5-2)25(15-17-9-11-19(23)12-10-17)21(26)14-18-8-6-7-16(3)13-18/h6-13,20H,4-5,14-15H2,1-3H3,(H,24,27). The number of halogens is 1. The van der Waals surface area contributed by atoms with Gasteiger partial charge in [-0.3, -0.25) is 9.59 Å². The van der Waals surface area contributed by atoms with Crippen molar-refractivity contribution < 1.29 is 9.59 Å². The van der Waals surface area contributed by atoms with Crippen molar-refractivity contribution in [1.82, 2.24) is 10.2 Å². The highest BCUT2D eigenvalue weighted by atomic mass is 35.5. The van der Waals surface area contributed by atoms with Crippen molar-refractivity contribution in [1.29, 1.82) is 0 Å². The van der Waals surface area contributed by atoms with E-state index in [2.05, 4.69) is 5.32 Å². The van der Waals surface area contributed by atoms with E-state index in [4.69, 9.17) is 11.6 Å². The molecule has 1 atom stereocenters. The van der Waals surface area contributed by atoms with Crippen LogP contribution in [0.1, 0.15) is 37.0 Å². The summed E-state index contributed by atoms with van der Waals surface area (Å²) in [7, 11) is 0. The van der Waals surface area contributed by atoms with Gasteiger partial charge in [0.1, 0.15) is 6.04 Å². The van der Waals surface area contributed by atoms with E-state index in [0.717, 1.165) is 16.7 Å². The van der Waals surface area contributed by atoms with Gasteiger partial charge in [0.05, 0.1) is 6.42 Å². The van der Waals surface area contributed by atoms with E-state index >= 15 is 0 Å². The Bertz CT molecular complexity index is 774. The normalized spacial score (nSPS) is 11.7. The predicted molar refractivity (Wildman–Crippen MR) is 110 cm³/mol. The molecule has 5 heteroatoms. The van der Waals surface area contributed by atoms with Crippen LogP contribution in [0.3, 0.4) is 0 Å². The van der Waals surface area contributed by atoms with Gasteiger partial charge in [0, 0.05) is 18.1 Å². The lowest BCUT2D eigenvalue weighted by Crippen LogP contribution is -2.49. The van der Waals surface area contributed by atoms with Crippen molar-refractivity contribution in [2.75, 3.05) is 6.54 Å². The number of hydrogen-bond acceptors (Lipinski definition) is 2. The molecule has 0 aliphatic rings. The van der Waals surface area contributed by atoms with E-state index in [-0.39, 0.29) is 18.2 Å². The van der Waals surface area contributed by atoms with Gasteiger partial charge in [-0.25, -0.2) is 0 Å². The van der Waals surface area contributed by atoms with Crippen LogP contribution in [-0.4, -0.2) is 29.3 Å². The molecule has 0 saturated heterocycles. The zero-order chi connectivity index (χ0) is 19.8. The number of likely N-dealkylation sites (N-methyl/N-ethyl adjacent to an activating group) is 1.